The van der Waals surface area contributed by atoms with Crippen LogP contribution < -0.4 is 5.32 Å². The topological polar surface area (TPSA) is 79.4 Å². The second-order valence-electron chi connectivity index (χ2n) is 7.51. The summed E-state index contributed by atoms with van der Waals surface area (Å²) in [7, 11) is -3.66. The van der Waals surface area contributed by atoms with Crippen LogP contribution in [0.5, 0.6) is 0 Å². The number of hydrogen-bond donors (Lipinski definition) is 1. The molecule has 3 aromatic rings. The monoisotopic (exact) mass is 427 g/mol. The summed E-state index contributed by atoms with van der Waals surface area (Å²) in [4.78, 5) is 16.6. The van der Waals surface area contributed by atoms with Crippen molar-refractivity contribution < 1.29 is 13.2 Å². The number of aryl methyl sites for hydroxylation is 1. The van der Waals surface area contributed by atoms with Crippen molar-refractivity contribution in [1.82, 2.24) is 9.29 Å². The van der Waals surface area contributed by atoms with E-state index in [-0.39, 0.29) is 11.9 Å². The summed E-state index contributed by atoms with van der Waals surface area (Å²) in [6.07, 6.45) is 3.56. The summed E-state index contributed by atoms with van der Waals surface area (Å²) in [5.41, 5.74) is 2.50. The number of sulfonamides is 1. The fourth-order valence-corrected chi connectivity index (χ4v) is 7.02. The lowest BCUT2D eigenvalue weighted by molar-refractivity contribution is -0.116. The van der Waals surface area contributed by atoms with Crippen molar-refractivity contribution in [2.45, 2.75) is 43.0 Å². The van der Waals surface area contributed by atoms with Crippen LogP contribution in [0, 0.1) is 0 Å². The molecule has 29 heavy (non-hydrogen) atoms. The number of benzene rings is 2. The van der Waals surface area contributed by atoms with Gasteiger partial charge in [-0.3, -0.25) is 4.79 Å². The smallest absolute Gasteiger partial charge is 0.243 e. The van der Waals surface area contributed by atoms with E-state index < -0.39 is 10.0 Å². The van der Waals surface area contributed by atoms with E-state index in [0.29, 0.717) is 30.0 Å². The SMILES string of the molecule is O=C1CCc2cc(S(=O)(=O)N3CCCC[C@H]3c3nc4ccccc4s3)ccc2N1. The Hall–Kier alpha value is -2.29. The third-order valence-electron chi connectivity index (χ3n) is 5.63. The molecule has 2 aromatic carbocycles. The van der Waals surface area contributed by atoms with Crippen LogP contribution in [0.2, 0.25) is 0 Å². The number of aromatic nitrogens is 1. The van der Waals surface area contributed by atoms with Crippen molar-refractivity contribution >= 4 is 43.2 Å². The van der Waals surface area contributed by atoms with E-state index in [1.807, 2.05) is 24.3 Å². The van der Waals surface area contributed by atoms with Crippen molar-refractivity contribution in [2.75, 3.05) is 11.9 Å². The van der Waals surface area contributed by atoms with E-state index in [1.165, 1.54) is 0 Å². The molecule has 3 heterocycles. The van der Waals surface area contributed by atoms with Gasteiger partial charge in [0.05, 0.1) is 21.2 Å². The average Bonchev–Trinajstić information content (AvgIpc) is 3.17. The fourth-order valence-electron chi connectivity index (χ4n) is 4.13. The van der Waals surface area contributed by atoms with Crippen LogP contribution in [-0.4, -0.2) is 30.2 Å². The highest BCUT2D eigenvalue weighted by atomic mass is 32.2. The number of thiazole rings is 1. The van der Waals surface area contributed by atoms with Crippen molar-refractivity contribution in [3.8, 4) is 0 Å². The third kappa shape index (κ3) is 3.35. The molecule has 2 aliphatic heterocycles. The number of amides is 1. The largest absolute Gasteiger partial charge is 0.326 e. The Balaban J connectivity index is 1.52. The molecule has 150 valence electrons. The first-order chi connectivity index (χ1) is 14.0. The third-order valence-corrected chi connectivity index (χ3v) is 8.67. The maximum absolute atomic E-state index is 13.6. The van der Waals surface area contributed by atoms with E-state index >= 15 is 0 Å². The van der Waals surface area contributed by atoms with Gasteiger partial charge in [-0.15, -0.1) is 11.3 Å². The summed E-state index contributed by atoms with van der Waals surface area (Å²) in [5.74, 6) is -0.0277. The number of nitrogens with one attached hydrogen (secondary N) is 1. The molecule has 1 aromatic heterocycles. The van der Waals surface area contributed by atoms with Gasteiger partial charge in [-0.25, -0.2) is 13.4 Å². The van der Waals surface area contributed by atoms with E-state index in [0.717, 1.165) is 40.1 Å². The molecular weight excluding hydrogens is 406 g/mol. The zero-order valence-corrected chi connectivity index (χ0v) is 17.4. The van der Waals surface area contributed by atoms with Crippen LogP contribution >= 0.6 is 11.3 Å². The molecule has 0 bridgehead atoms. The lowest BCUT2D eigenvalue weighted by atomic mass is 10.0. The first-order valence-corrected chi connectivity index (χ1v) is 12.1. The number of piperidine rings is 1. The zero-order chi connectivity index (χ0) is 20.0. The van der Waals surface area contributed by atoms with Crippen molar-refractivity contribution in [3.05, 3.63) is 53.0 Å². The van der Waals surface area contributed by atoms with Crippen LogP contribution in [0.15, 0.2) is 47.4 Å². The summed E-state index contributed by atoms with van der Waals surface area (Å²) in [6.45, 7) is 0.497. The minimum Gasteiger partial charge on any atom is -0.326 e. The molecule has 0 spiro atoms. The Kier molecular flexibility index (Phi) is 4.64. The van der Waals surface area contributed by atoms with Gasteiger partial charge < -0.3 is 5.32 Å². The zero-order valence-electron chi connectivity index (χ0n) is 15.8. The number of hydrogen-bond acceptors (Lipinski definition) is 5. The minimum absolute atomic E-state index is 0.0277. The van der Waals surface area contributed by atoms with Gasteiger partial charge in [0, 0.05) is 18.7 Å². The van der Waals surface area contributed by atoms with Gasteiger partial charge in [0.25, 0.3) is 0 Å². The van der Waals surface area contributed by atoms with Gasteiger partial charge in [-0.1, -0.05) is 18.6 Å². The number of carbonyl (C=O) groups excluding carboxylic acids is 1. The molecule has 1 saturated heterocycles. The van der Waals surface area contributed by atoms with Crippen LogP contribution in [0.3, 0.4) is 0 Å². The Bertz CT molecular complexity index is 1170. The second-order valence-corrected chi connectivity index (χ2v) is 10.5. The Morgan fingerprint density at radius 3 is 2.83 bits per heavy atom. The van der Waals surface area contributed by atoms with Gasteiger partial charge in [0.2, 0.25) is 15.9 Å². The standard InChI is InChI=1S/C21H21N3O3S2/c25-20-11-8-14-13-15(9-10-16(14)22-20)29(26,27)24-12-4-3-6-18(24)21-23-17-5-1-2-7-19(17)28-21/h1-2,5,7,9-10,13,18H,3-4,6,8,11-12H2,(H,22,25)/t18-/m0/s1. The predicted molar refractivity (Wildman–Crippen MR) is 113 cm³/mol. The number of carbonyl (C=O) groups is 1. The highest BCUT2D eigenvalue weighted by molar-refractivity contribution is 7.89. The maximum atomic E-state index is 13.6. The second kappa shape index (κ2) is 7.19. The molecule has 1 atom stereocenters. The van der Waals surface area contributed by atoms with E-state index in [9.17, 15) is 13.2 Å². The van der Waals surface area contributed by atoms with Gasteiger partial charge in [0.15, 0.2) is 0 Å². The highest BCUT2D eigenvalue weighted by Gasteiger charge is 2.36. The van der Waals surface area contributed by atoms with Crippen LogP contribution in [-0.2, 0) is 21.2 Å². The number of rotatable bonds is 3. The van der Waals surface area contributed by atoms with E-state index in [1.54, 1.807) is 33.8 Å². The first kappa shape index (κ1) is 18.7. The summed E-state index contributed by atoms with van der Waals surface area (Å²) < 4.78 is 29.8. The highest BCUT2D eigenvalue weighted by Crippen LogP contribution is 2.39. The Morgan fingerprint density at radius 2 is 1.97 bits per heavy atom. The quantitative estimate of drug-likeness (QED) is 0.683. The molecule has 8 heteroatoms. The van der Waals surface area contributed by atoms with Gasteiger partial charge >= 0.3 is 0 Å². The molecule has 5 rings (SSSR count). The minimum atomic E-state index is -3.66. The molecule has 0 saturated carbocycles. The van der Waals surface area contributed by atoms with E-state index in [4.69, 9.17) is 4.98 Å². The Morgan fingerprint density at radius 1 is 1.10 bits per heavy atom. The summed E-state index contributed by atoms with van der Waals surface area (Å²) >= 11 is 1.58. The molecule has 1 amide bonds. The van der Waals surface area contributed by atoms with Crippen molar-refractivity contribution in [1.29, 1.82) is 0 Å². The molecule has 1 fully saturated rings. The number of fused-ring (bicyclic) bond motifs is 2. The molecule has 0 aliphatic carbocycles. The number of para-hydroxylation sites is 1. The van der Waals surface area contributed by atoms with Crippen molar-refractivity contribution in [3.63, 3.8) is 0 Å². The molecular formula is C21H21N3O3S2. The lowest BCUT2D eigenvalue weighted by Gasteiger charge is -2.33. The van der Waals surface area contributed by atoms with Gasteiger partial charge in [-0.05, 0) is 55.2 Å². The maximum Gasteiger partial charge on any atom is 0.243 e. The number of nitrogens with zero attached hydrogens (tertiary/aromatic N) is 2. The normalized spacial score (nSPS) is 20.4. The Labute approximate surface area is 173 Å². The first-order valence-electron chi connectivity index (χ1n) is 9.82. The average molecular weight is 428 g/mol. The molecule has 1 N–H and O–H groups in total. The summed E-state index contributed by atoms with van der Waals surface area (Å²) in [5, 5.41) is 3.67. The lowest BCUT2D eigenvalue weighted by Crippen LogP contribution is -2.38. The van der Waals surface area contributed by atoms with Crippen LogP contribution in [0.1, 0.15) is 42.3 Å². The van der Waals surface area contributed by atoms with E-state index in [2.05, 4.69) is 5.32 Å². The summed E-state index contributed by atoms with van der Waals surface area (Å²) in [6, 6.07) is 12.7. The van der Waals surface area contributed by atoms with Crippen LogP contribution in [0.25, 0.3) is 10.2 Å². The number of anilines is 1. The van der Waals surface area contributed by atoms with Gasteiger partial charge in [0.1, 0.15) is 5.01 Å². The molecule has 6 nitrogen and oxygen atoms in total. The molecule has 0 radical (unpaired) electrons. The van der Waals surface area contributed by atoms with Crippen molar-refractivity contribution in [2.24, 2.45) is 0 Å². The van der Waals surface area contributed by atoms with Gasteiger partial charge in [-0.2, -0.15) is 4.31 Å². The molecule has 2 aliphatic rings. The fraction of sp³-hybridized carbons (Fsp3) is 0.333. The predicted octanol–water partition coefficient (Wildman–Crippen LogP) is 4.10. The van der Waals surface area contributed by atoms with Crippen LogP contribution in [0.4, 0.5) is 5.69 Å². The molecule has 0 unspecified atom stereocenters.